The molecule has 0 bridgehead atoms. The van der Waals surface area contributed by atoms with E-state index in [1.807, 2.05) is 65.3 Å². The van der Waals surface area contributed by atoms with Gasteiger partial charge in [0, 0.05) is 11.3 Å². The first-order chi connectivity index (χ1) is 14.2. The maximum absolute atomic E-state index is 13.2. The van der Waals surface area contributed by atoms with Crippen molar-refractivity contribution in [3.05, 3.63) is 83.2 Å². The molecule has 0 fully saturated rings. The summed E-state index contributed by atoms with van der Waals surface area (Å²) in [5.41, 5.74) is 4.32. The average molecular weight is 389 g/mol. The Morgan fingerprint density at radius 3 is 2.45 bits per heavy atom. The number of carbonyl (C=O) groups excluding carboxylic acids is 2. The highest BCUT2D eigenvalue weighted by Crippen LogP contribution is 2.28. The van der Waals surface area contributed by atoms with Crippen LogP contribution in [-0.4, -0.2) is 28.8 Å². The SMILES string of the molecule is COC(=O)CC(NC(=O)c1nn(-c2ccccc2)c2c1CCC2)c1ccccc1. The van der Waals surface area contributed by atoms with E-state index in [4.69, 9.17) is 4.74 Å². The Morgan fingerprint density at radius 2 is 1.76 bits per heavy atom. The molecule has 0 radical (unpaired) electrons. The molecule has 0 saturated heterocycles. The van der Waals surface area contributed by atoms with Crippen LogP contribution in [0.4, 0.5) is 0 Å². The third kappa shape index (κ3) is 3.92. The van der Waals surface area contributed by atoms with Crippen LogP contribution in [0.15, 0.2) is 60.7 Å². The molecule has 1 aliphatic carbocycles. The van der Waals surface area contributed by atoms with Gasteiger partial charge in [-0.05, 0) is 37.0 Å². The van der Waals surface area contributed by atoms with Gasteiger partial charge in [-0.2, -0.15) is 5.10 Å². The van der Waals surface area contributed by atoms with Crippen molar-refractivity contribution in [1.82, 2.24) is 15.1 Å². The second-order valence-corrected chi connectivity index (χ2v) is 7.09. The average Bonchev–Trinajstić information content (AvgIpc) is 3.37. The van der Waals surface area contributed by atoms with Crippen LogP contribution in [0.3, 0.4) is 0 Å². The van der Waals surface area contributed by atoms with Gasteiger partial charge in [-0.1, -0.05) is 48.5 Å². The summed E-state index contributed by atoms with van der Waals surface area (Å²) in [6, 6.07) is 18.8. The Kier molecular flexibility index (Phi) is 5.42. The second kappa shape index (κ2) is 8.31. The fraction of sp³-hybridized carbons (Fsp3) is 0.261. The number of carbonyl (C=O) groups is 2. The Balaban J connectivity index is 1.64. The van der Waals surface area contributed by atoms with E-state index < -0.39 is 6.04 Å². The number of hydrogen-bond acceptors (Lipinski definition) is 4. The summed E-state index contributed by atoms with van der Waals surface area (Å²) in [7, 11) is 1.35. The lowest BCUT2D eigenvalue weighted by Gasteiger charge is -2.18. The van der Waals surface area contributed by atoms with Crippen molar-refractivity contribution >= 4 is 11.9 Å². The molecule has 4 rings (SSSR count). The lowest BCUT2D eigenvalue weighted by molar-refractivity contribution is -0.141. The van der Waals surface area contributed by atoms with Gasteiger partial charge in [-0.25, -0.2) is 4.68 Å². The van der Waals surface area contributed by atoms with Crippen molar-refractivity contribution in [3.63, 3.8) is 0 Å². The summed E-state index contributed by atoms with van der Waals surface area (Å²) in [4.78, 5) is 25.1. The lowest BCUT2D eigenvalue weighted by Crippen LogP contribution is -2.31. The molecule has 3 aromatic rings. The van der Waals surface area contributed by atoms with Crippen LogP contribution < -0.4 is 5.32 Å². The summed E-state index contributed by atoms with van der Waals surface area (Å²) in [6.45, 7) is 0. The number of amides is 1. The Labute approximate surface area is 169 Å². The molecule has 6 nitrogen and oxygen atoms in total. The van der Waals surface area contributed by atoms with Crippen LogP contribution in [0.2, 0.25) is 0 Å². The van der Waals surface area contributed by atoms with E-state index in [2.05, 4.69) is 10.4 Å². The van der Waals surface area contributed by atoms with Crippen molar-refractivity contribution in [3.8, 4) is 5.69 Å². The zero-order valence-corrected chi connectivity index (χ0v) is 16.3. The molecule has 29 heavy (non-hydrogen) atoms. The highest BCUT2D eigenvalue weighted by molar-refractivity contribution is 5.95. The van der Waals surface area contributed by atoms with E-state index in [0.29, 0.717) is 5.69 Å². The van der Waals surface area contributed by atoms with Gasteiger partial charge in [0.25, 0.3) is 5.91 Å². The first kappa shape index (κ1) is 18.9. The largest absolute Gasteiger partial charge is 0.469 e. The molecule has 1 heterocycles. The number of para-hydroxylation sites is 1. The summed E-state index contributed by atoms with van der Waals surface area (Å²) >= 11 is 0. The van der Waals surface area contributed by atoms with Gasteiger partial charge in [0.2, 0.25) is 0 Å². The van der Waals surface area contributed by atoms with Gasteiger partial charge >= 0.3 is 5.97 Å². The van der Waals surface area contributed by atoms with Crippen molar-refractivity contribution < 1.29 is 14.3 Å². The van der Waals surface area contributed by atoms with Crippen LogP contribution in [0.25, 0.3) is 5.69 Å². The molecule has 0 aliphatic heterocycles. The van der Waals surface area contributed by atoms with Gasteiger partial charge in [-0.3, -0.25) is 9.59 Å². The fourth-order valence-corrected chi connectivity index (χ4v) is 3.82. The van der Waals surface area contributed by atoms with E-state index in [9.17, 15) is 9.59 Å². The number of nitrogens with zero attached hydrogens (tertiary/aromatic N) is 2. The maximum atomic E-state index is 13.2. The molecule has 0 saturated carbocycles. The number of methoxy groups -OCH3 is 1. The number of benzene rings is 2. The van der Waals surface area contributed by atoms with Crippen LogP contribution in [0, 0.1) is 0 Å². The van der Waals surface area contributed by atoms with E-state index in [-0.39, 0.29) is 18.3 Å². The number of nitrogens with one attached hydrogen (secondary N) is 1. The first-order valence-corrected chi connectivity index (χ1v) is 9.76. The predicted octanol–water partition coefficient (Wildman–Crippen LogP) is 3.40. The Morgan fingerprint density at radius 1 is 1.07 bits per heavy atom. The minimum atomic E-state index is -0.477. The van der Waals surface area contributed by atoms with Gasteiger partial charge in [0.05, 0.1) is 25.3 Å². The standard InChI is InChI=1S/C23H23N3O3/c1-29-21(27)15-19(16-9-4-2-5-10-16)24-23(28)22-18-13-8-14-20(18)26(25-22)17-11-6-3-7-12-17/h2-7,9-12,19H,8,13-15H2,1H3,(H,24,28). The molecular formula is C23H23N3O3. The third-order valence-electron chi connectivity index (χ3n) is 5.25. The third-order valence-corrected chi connectivity index (χ3v) is 5.25. The monoisotopic (exact) mass is 389 g/mol. The number of hydrogen-bond donors (Lipinski definition) is 1. The molecule has 6 heteroatoms. The highest BCUT2D eigenvalue weighted by atomic mass is 16.5. The van der Waals surface area contributed by atoms with E-state index in [1.54, 1.807) is 0 Å². The summed E-state index contributed by atoms with van der Waals surface area (Å²) < 4.78 is 6.69. The van der Waals surface area contributed by atoms with Gasteiger partial charge in [-0.15, -0.1) is 0 Å². The van der Waals surface area contributed by atoms with Crippen molar-refractivity contribution in [2.24, 2.45) is 0 Å². The normalized spacial score (nSPS) is 13.6. The zero-order chi connectivity index (χ0) is 20.2. The smallest absolute Gasteiger partial charge is 0.307 e. The molecule has 1 atom stereocenters. The Hall–Kier alpha value is -3.41. The highest BCUT2D eigenvalue weighted by Gasteiger charge is 2.29. The molecule has 0 spiro atoms. The van der Waals surface area contributed by atoms with E-state index in [0.717, 1.165) is 41.8 Å². The van der Waals surface area contributed by atoms with Gasteiger partial charge < -0.3 is 10.1 Å². The predicted molar refractivity (Wildman–Crippen MR) is 109 cm³/mol. The lowest BCUT2D eigenvalue weighted by atomic mass is 10.0. The molecule has 1 N–H and O–H groups in total. The van der Waals surface area contributed by atoms with Crippen LogP contribution >= 0.6 is 0 Å². The number of fused-ring (bicyclic) bond motifs is 1. The molecule has 2 aromatic carbocycles. The number of ether oxygens (including phenoxy) is 1. The summed E-state index contributed by atoms with van der Waals surface area (Å²) in [6.07, 6.45) is 2.80. The molecular weight excluding hydrogens is 366 g/mol. The maximum Gasteiger partial charge on any atom is 0.307 e. The summed E-state index contributed by atoms with van der Waals surface area (Å²) in [5, 5.41) is 7.63. The Bertz CT molecular complexity index is 1010. The van der Waals surface area contributed by atoms with Crippen molar-refractivity contribution in [1.29, 1.82) is 0 Å². The molecule has 1 amide bonds. The molecule has 1 aromatic heterocycles. The quantitative estimate of drug-likeness (QED) is 0.656. The van der Waals surface area contributed by atoms with Gasteiger partial charge in [0.1, 0.15) is 0 Å². The first-order valence-electron chi connectivity index (χ1n) is 9.76. The molecule has 148 valence electrons. The van der Waals surface area contributed by atoms with Crippen molar-refractivity contribution in [2.75, 3.05) is 7.11 Å². The summed E-state index contributed by atoms with van der Waals surface area (Å²) in [5.74, 6) is -0.644. The van der Waals surface area contributed by atoms with Crippen LogP contribution in [0.5, 0.6) is 0 Å². The number of aromatic nitrogens is 2. The molecule has 1 aliphatic rings. The zero-order valence-electron chi connectivity index (χ0n) is 16.3. The van der Waals surface area contributed by atoms with E-state index in [1.165, 1.54) is 7.11 Å². The van der Waals surface area contributed by atoms with Gasteiger partial charge in [0.15, 0.2) is 5.69 Å². The minimum absolute atomic E-state index is 0.0633. The molecule has 1 unspecified atom stereocenters. The fourth-order valence-electron chi connectivity index (χ4n) is 3.82. The van der Waals surface area contributed by atoms with E-state index >= 15 is 0 Å². The number of rotatable bonds is 6. The van der Waals surface area contributed by atoms with Crippen molar-refractivity contribution in [2.45, 2.75) is 31.7 Å². The van der Waals surface area contributed by atoms with Crippen LogP contribution in [-0.2, 0) is 22.4 Å². The number of esters is 1. The topological polar surface area (TPSA) is 73.2 Å². The second-order valence-electron chi connectivity index (χ2n) is 7.09. The minimum Gasteiger partial charge on any atom is -0.469 e. The van der Waals surface area contributed by atoms with Crippen LogP contribution in [0.1, 0.15) is 46.2 Å².